The standard InChI is InChI=1S/C11H18O/c1-3-4-8-12-11-7-5-6-10(2)9-11/h5,7,9-10H,3-4,6,8H2,1-2H3. The number of rotatable bonds is 4. The lowest BCUT2D eigenvalue weighted by molar-refractivity contribution is 0.215. The van der Waals surface area contributed by atoms with Crippen molar-refractivity contribution < 1.29 is 4.74 Å². The smallest absolute Gasteiger partial charge is 0.115 e. The van der Waals surface area contributed by atoms with Crippen molar-refractivity contribution in [3.63, 3.8) is 0 Å². The Balaban J connectivity index is 2.26. The van der Waals surface area contributed by atoms with Crippen LogP contribution >= 0.6 is 0 Å². The second kappa shape index (κ2) is 5.02. The molecule has 0 aliphatic heterocycles. The quantitative estimate of drug-likeness (QED) is 0.582. The van der Waals surface area contributed by atoms with E-state index in [2.05, 4.69) is 32.1 Å². The fraction of sp³-hybridized carbons (Fsp3) is 0.636. The molecular weight excluding hydrogens is 148 g/mol. The van der Waals surface area contributed by atoms with Crippen molar-refractivity contribution in [2.24, 2.45) is 5.92 Å². The van der Waals surface area contributed by atoms with Gasteiger partial charge in [0.25, 0.3) is 0 Å². The summed E-state index contributed by atoms with van der Waals surface area (Å²) in [6.07, 6.45) is 9.98. The Kier molecular flexibility index (Phi) is 3.92. The maximum Gasteiger partial charge on any atom is 0.115 e. The minimum Gasteiger partial charge on any atom is -0.494 e. The van der Waals surface area contributed by atoms with Gasteiger partial charge in [0.15, 0.2) is 0 Å². The van der Waals surface area contributed by atoms with E-state index >= 15 is 0 Å². The number of hydrogen-bond acceptors (Lipinski definition) is 1. The number of allylic oxidation sites excluding steroid dienone is 3. The van der Waals surface area contributed by atoms with Gasteiger partial charge in [0, 0.05) is 0 Å². The lowest BCUT2D eigenvalue weighted by Crippen LogP contribution is -1.99. The first kappa shape index (κ1) is 9.37. The summed E-state index contributed by atoms with van der Waals surface area (Å²) in [5, 5.41) is 0. The summed E-state index contributed by atoms with van der Waals surface area (Å²) in [4.78, 5) is 0. The minimum absolute atomic E-state index is 0.645. The molecule has 1 atom stereocenters. The Morgan fingerprint density at radius 2 is 2.42 bits per heavy atom. The lowest BCUT2D eigenvalue weighted by Gasteiger charge is -2.13. The highest BCUT2D eigenvalue weighted by Crippen LogP contribution is 2.16. The molecule has 12 heavy (non-hydrogen) atoms. The fourth-order valence-corrected chi connectivity index (χ4v) is 1.23. The van der Waals surface area contributed by atoms with Crippen LogP contribution in [0.5, 0.6) is 0 Å². The molecular formula is C11H18O. The van der Waals surface area contributed by atoms with E-state index in [4.69, 9.17) is 4.74 Å². The molecule has 0 saturated heterocycles. The van der Waals surface area contributed by atoms with E-state index in [-0.39, 0.29) is 0 Å². The lowest BCUT2D eigenvalue weighted by atomic mass is 10.0. The summed E-state index contributed by atoms with van der Waals surface area (Å²) in [5.41, 5.74) is 0. The summed E-state index contributed by atoms with van der Waals surface area (Å²) in [7, 11) is 0. The number of hydrogen-bond donors (Lipinski definition) is 0. The molecule has 0 N–H and O–H groups in total. The first-order valence-corrected chi connectivity index (χ1v) is 4.84. The van der Waals surface area contributed by atoms with Gasteiger partial charge in [-0.25, -0.2) is 0 Å². The van der Waals surface area contributed by atoms with Crippen LogP contribution in [-0.4, -0.2) is 6.61 Å². The van der Waals surface area contributed by atoms with E-state index in [1.807, 2.05) is 0 Å². The predicted octanol–water partition coefficient (Wildman–Crippen LogP) is 3.28. The van der Waals surface area contributed by atoms with Crippen LogP contribution in [0.4, 0.5) is 0 Å². The molecule has 1 rings (SSSR count). The molecule has 68 valence electrons. The maximum absolute atomic E-state index is 5.57. The van der Waals surface area contributed by atoms with E-state index in [0.29, 0.717) is 5.92 Å². The van der Waals surface area contributed by atoms with Gasteiger partial charge in [-0.3, -0.25) is 0 Å². The second-order valence-corrected chi connectivity index (χ2v) is 3.39. The number of ether oxygens (including phenoxy) is 1. The molecule has 0 radical (unpaired) electrons. The van der Waals surface area contributed by atoms with Crippen LogP contribution < -0.4 is 0 Å². The summed E-state index contributed by atoms with van der Waals surface area (Å²) in [6, 6.07) is 0. The van der Waals surface area contributed by atoms with E-state index in [9.17, 15) is 0 Å². The van der Waals surface area contributed by atoms with E-state index in [0.717, 1.165) is 25.2 Å². The molecule has 0 aromatic carbocycles. The average molecular weight is 166 g/mol. The van der Waals surface area contributed by atoms with Crippen LogP contribution in [0.3, 0.4) is 0 Å². The topological polar surface area (TPSA) is 9.23 Å². The maximum atomic E-state index is 5.57. The zero-order chi connectivity index (χ0) is 8.81. The molecule has 1 heteroatoms. The first-order chi connectivity index (χ1) is 5.83. The largest absolute Gasteiger partial charge is 0.494 e. The van der Waals surface area contributed by atoms with Crippen molar-refractivity contribution in [3.05, 3.63) is 24.0 Å². The molecule has 1 unspecified atom stereocenters. The van der Waals surface area contributed by atoms with Gasteiger partial charge >= 0.3 is 0 Å². The summed E-state index contributed by atoms with van der Waals surface area (Å²) in [6.45, 7) is 5.25. The van der Waals surface area contributed by atoms with Gasteiger partial charge in [-0.1, -0.05) is 26.3 Å². The van der Waals surface area contributed by atoms with E-state index < -0.39 is 0 Å². The van der Waals surface area contributed by atoms with Crippen LogP contribution in [0.15, 0.2) is 24.0 Å². The van der Waals surface area contributed by atoms with Crippen LogP contribution in [0.25, 0.3) is 0 Å². The van der Waals surface area contributed by atoms with Gasteiger partial charge in [0.1, 0.15) is 5.76 Å². The number of unbranched alkanes of at least 4 members (excludes halogenated alkanes) is 1. The van der Waals surface area contributed by atoms with Crippen molar-refractivity contribution in [3.8, 4) is 0 Å². The van der Waals surface area contributed by atoms with E-state index in [1.165, 1.54) is 6.42 Å². The Hall–Kier alpha value is -0.720. The van der Waals surface area contributed by atoms with Crippen molar-refractivity contribution in [2.45, 2.75) is 33.1 Å². The molecule has 0 heterocycles. The molecule has 0 bridgehead atoms. The summed E-state index contributed by atoms with van der Waals surface area (Å²) >= 11 is 0. The Morgan fingerprint density at radius 1 is 1.58 bits per heavy atom. The van der Waals surface area contributed by atoms with Gasteiger partial charge in [-0.05, 0) is 30.9 Å². The minimum atomic E-state index is 0.645. The van der Waals surface area contributed by atoms with Crippen LogP contribution in [-0.2, 0) is 4.74 Å². The Morgan fingerprint density at radius 3 is 3.08 bits per heavy atom. The monoisotopic (exact) mass is 166 g/mol. The Labute approximate surface area is 75.1 Å². The van der Waals surface area contributed by atoms with Crippen molar-refractivity contribution >= 4 is 0 Å². The van der Waals surface area contributed by atoms with Gasteiger partial charge in [-0.2, -0.15) is 0 Å². The third-order valence-electron chi connectivity index (χ3n) is 2.01. The van der Waals surface area contributed by atoms with Crippen LogP contribution in [0.2, 0.25) is 0 Å². The second-order valence-electron chi connectivity index (χ2n) is 3.39. The highest BCUT2D eigenvalue weighted by Gasteiger charge is 2.03. The van der Waals surface area contributed by atoms with Gasteiger partial charge in [0.2, 0.25) is 0 Å². The van der Waals surface area contributed by atoms with Gasteiger partial charge in [0.05, 0.1) is 6.61 Å². The van der Waals surface area contributed by atoms with Gasteiger partial charge in [-0.15, -0.1) is 0 Å². The predicted molar refractivity (Wildman–Crippen MR) is 51.9 cm³/mol. The zero-order valence-electron chi connectivity index (χ0n) is 8.05. The first-order valence-electron chi connectivity index (χ1n) is 4.84. The zero-order valence-corrected chi connectivity index (χ0v) is 8.05. The molecule has 0 spiro atoms. The van der Waals surface area contributed by atoms with Crippen molar-refractivity contribution in [1.29, 1.82) is 0 Å². The molecule has 0 aromatic heterocycles. The van der Waals surface area contributed by atoms with Crippen LogP contribution in [0.1, 0.15) is 33.1 Å². The SMILES string of the molecule is CCCCOC1=CC(C)CC=C1. The van der Waals surface area contributed by atoms with Gasteiger partial charge < -0.3 is 4.74 Å². The van der Waals surface area contributed by atoms with Crippen LogP contribution in [0, 0.1) is 5.92 Å². The molecule has 1 aliphatic carbocycles. The summed E-state index contributed by atoms with van der Waals surface area (Å²) in [5.74, 6) is 1.70. The molecule has 0 amide bonds. The highest BCUT2D eigenvalue weighted by molar-refractivity contribution is 5.17. The third kappa shape index (κ3) is 3.12. The molecule has 0 saturated carbocycles. The highest BCUT2D eigenvalue weighted by atomic mass is 16.5. The molecule has 1 aliphatic rings. The normalized spacial score (nSPS) is 22.2. The Bertz CT molecular complexity index is 179. The van der Waals surface area contributed by atoms with Crippen molar-refractivity contribution in [2.75, 3.05) is 6.61 Å². The molecule has 1 nitrogen and oxygen atoms in total. The van der Waals surface area contributed by atoms with Crippen molar-refractivity contribution in [1.82, 2.24) is 0 Å². The third-order valence-corrected chi connectivity index (χ3v) is 2.01. The summed E-state index contributed by atoms with van der Waals surface area (Å²) < 4.78 is 5.57. The average Bonchev–Trinajstić information content (AvgIpc) is 2.05. The fourth-order valence-electron chi connectivity index (χ4n) is 1.23. The molecule has 0 fully saturated rings. The molecule has 0 aromatic rings. The van der Waals surface area contributed by atoms with E-state index in [1.54, 1.807) is 0 Å².